The first kappa shape index (κ1) is 29.8. The number of aromatic amines is 1. The molecule has 13 heteroatoms. The number of aromatic nitrogens is 2. The minimum atomic E-state index is -1.33. The summed E-state index contributed by atoms with van der Waals surface area (Å²) in [7, 11) is 0. The van der Waals surface area contributed by atoms with E-state index in [0.29, 0.717) is 11.3 Å². The van der Waals surface area contributed by atoms with Crippen molar-refractivity contribution in [3.05, 3.63) is 83.9 Å². The number of phenols is 1. The third-order valence-corrected chi connectivity index (χ3v) is 6.05. The van der Waals surface area contributed by atoms with Crippen LogP contribution in [0.15, 0.2) is 67.1 Å². The van der Waals surface area contributed by atoms with E-state index in [1.807, 2.05) is 0 Å². The maximum atomic E-state index is 13.4. The molecule has 9 N–H and O–H groups in total. The van der Waals surface area contributed by atoms with Crippen molar-refractivity contribution in [1.82, 2.24) is 25.9 Å². The summed E-state index contributed by atoms with van der Waals surface area (Å²) in [6.45, 7) is -0.631. The number of carboxylic acid groups (broad SMARTS) is 1. The molecule has 0 aliphatic rings. The molecule has 0 aliphatic heterocycles. The maximum Gasteiger partial charge on any atom is 0.326 e. The Bertz CT molecular complexity index is 1270. The predicted octanol–water partition coefficient (Wildman–Crippen LogP) is -0.998. The number of aliphatic hydroxyl groups excluding tert-OH is 1. The van der Waals surface area contributed by atoms with E-state index in [-0.39, 0.29) is 25.0 Å². The normalized spacial score (nSPS) is 13.8. The number of nitrogens with zero attached hydrogens (tertiary/aromatic N) is 1. The van der Waals surface area contributed by atoms with Gasteiger partial charge in [-0.25, -0.2) is 9.78 Å². The van der Waals surface area contributed by atoms with Gasteiger partial charge in [-0.05, 0) is 23.3 Å². The smallest absolute Gasteiger partial charge is 0.326 e. The zero-order valence-corrected chi connectivity index (χ0v) is 21.5. The summed E-state index contributed by atoms with van der Waals surface area (Å²) in [5.41, 5.74) is 7.39. The zero-order valence-electron chi connectivity index (χ0n) is 21.5. The molecule has 1 aromatic heterocycles. The van der Waals surface area contributed by atoms with Crippen LogP contribution in [-0.2, 0) is 38.4 Å². The molecule has 13 nitrogen and oxygen atoms in total. The van der Waals surface area contributed by atoms with Gasteiger partial charge in [0.25, 0.3) is 0 Å². The van der Waals surface area contributed by atoms with Gasteiger partial charge in [-0.15, -0.1) is 0 Å². The van der Waals surface area contributed by atoms with Crippen LogP contribution >= 0.6 is 0 Å². The number of nitrogens with two attached hydrogens (primary N) is 1. The molecule has 40 heavy (non-hydrogen) atoms. The van der Waals surface area contributed by atoms with Crippen molar-refractivity contribution >= 4 is 23.7 Å². The Balaban J connectivity index is 1.80. The Morgan fingerprint density at radius 3 is 1.93 bits per heavy atom. The highest BCUT2D eigenvalue weighted by Gasteiger charge is 2.31. The van der Waals surface area contributed by atoms with Gasteiger partial charge in [0.15, 0.2) is 0 Å². The summed E-state index contributed by atoms with van der Waals surface area (Å²) in [4.78, 5) is 57.8. The quantitative estimate of drug-likeness (QED) is 0.123. The highest BCUT2D eigenvalue weighted by Crippen LogP contribution is 2.12. The van der Waals surface area contributed by atoms with Gasteiger partial charge in [-0.2, -0.15) is 0 Å². The molecule has 212 valence electrons. The standard InChI is InChI=1S/C27H32N6O7/c28-20(14-34)24(36)31-21(10-16-4-2-1-3-5-16)25(37)32-22(12-18-13-29-15-30-18)26(38)33-23(27(39)40)11-17-6-8-19(35)9-7-17/h1-9,13,15,20-23,34-35H,10-12,14,28H2,(H,29,30)(H,31,36)(H,32,37)(H,33,38)(H,39,40). The van der Waals surface area contributed by atoms with E-state index in [0.717, 1.165) is 5.56 Å². The molecule has 0 aliphatic carbocycles. The Morgan fingerprint density at radius 1 is 0.800 bits per heavy atom. The highest BCUT2D eigenvalue weighted by atomic mass is 16.4. The number of hydrogen-bond donors (Lipinski definition) is 8. The maximum absolute atomic E-state index is 13.4. The van der Waals surface area contributed by atoms with Crippen LogP contribution in [0.2, 0.25) is 0 Å². The molecule has 4 unspecified atom stereocenters. The molecule has 2 aromatic carbocycles. The largest absolute Gasteiger partial charge is 0.508 e. The van der Waals surface area contributed by atoms with Crippen LogP contribution in [0, 0.1) is 0 Å². The number of carbonyl (C=O) groups excluding carboxylic acids is 3. The summed E-state index contributed by atoms with van der Waals surface area (Å²) in [5, 5.41) is 36.1. The van der Waals surface area contributed by atoms with Crippen molar-refractivity contribution in [2.45, 2.75) is 43.4 Å². The number of benzene rings is 2. The Labute approximate surface area is 229 Å². The van der Waals surface area contributed by atoms with Gasteiger partial charge in [0.1, 0.15) is 29.9 Å². The highest BCUT2D eigenvalue weighted by molar-refractivity contribution is 5.94. The molecule has 3 amide bonds. The second kappa shape index (κ2) is 14.4. The second-order valence-corrected chi connectivity index (χ2v) is 9.15. The molecule has 3 rings (SSSR count). The van der Waals surface area contributed by atoms with Crippen molar-refractivity contribution in [3.63, 3.8) is 0 Å². The van der Waals surface area contributed by atoms with Gasteiger partial charge in [0, 0.05) is 31.2 Å². The third-order valence-electron chi connectivity index (χ3n) is 6.05. The topological polar surface area (TPSA) is 220 Å². The minimum Gasteiger partial charge on any atom is -0.508 e. The molecule has 0 fully saturated rings. The number of amides is 3. The first-order valence-corrected chi connectivity index (χ1v) is 12.5. The van der Waals surface area contributed by atoms with Gasteiger partial charge >= 0.3 is 5.97 Å². The summed E-state index contributed by atoms with van der Waals surface area (Å²) >= 11 is 0. The molecule has 0 radical (unpaired) electrons. The van der Waals surface area contributed by atoms with Gasteiger partial charge in [-0.1, -0.05) is 42.5 Å². The summed E-state index contributed by atoms with van der Waals surface area (Å²) < 4.78 is 0. The van der Waals surface area contributed by atoms with Crippen LogP contribution in [0.25, 0.3) is 0 Å². The van der Waals surface area contributed by atoms with Crippen molar-refractivity contribution in [3.8, 4) is 5.75 Å². The molecule has 0 saturated carbocycles. The number of carboxylic acids is 1. The summed E-state index contributed by atoms with van der Waals surface area (Å²) in [6.07, 6.45) is 2.80. The molecule has 3 aromatic rings. The molecular weight excluding hydrogens is 520 g/mol. The minimum absolute atomic E-state index is 0.0130. The molecular formula is C27H32N6O7. The lowest BCUT2D eigenvalue weighted by atomic mass is 10.0. The number of rotatable bonds is 14. The number of aliphatic carboxylic acids is 1. The van der Waals surface area contributed by atoms with E-state index in [9.17, 15) is 34.5 Å². The number of H-pyrrole nitrogens is 1. The van der Waals surface area contributed by atoms with E-state index in [4.69, 9.17) is 5.73 Å². The third kappa shape index (κ3) is 8.92. The Hall–Kier alpha value is -4.75. The van der Waals surface area contributed by atoms with Gasteiger partial charge in [0.2, 0.25) is 17.7 Å². The van der Waals surface area contributed by atoms with Crippen LogP contribution in [0.3, 0.4) is 0 Å². The Morgan fingerprint density at radius 2 is 1.35 bits per heavy atom. The van der Waals surface area contributed by atoms with Crippen molar-refractivity contribution < 1.29 is 34.5 Å². The monoisotopic (exact) mass is 552 g/mol. The molecule has 0 saturated heterocycles. The summed E-state index contributed by atoms with van der Waals surface area (Å²) in [5.74, 6) is -3.52. The van der Waals surface area contributed by atoms with Crippen LogP contribution in [-0.4, -0.2) is 79.8 Å². The van der Waals surface area contributed by atoms with E-state index >= 15 is 0 Å². The number of phenolic OH excluding ortho intramolecular Hbond substituents is 1. The van der Waals surface area contributed by atoms with Gasteiger partial charge in [0.05, 0.1) is 12.9 Å². The van der Waals surface area contributed by atoms with Gasteiger partial charge in [-0.3, -0.25) is 14.4 Å². The first-order chi connectivity index (χ1) is 19.2. The van der Waals surface area contributed by atoms with E-state index in [2.05, 4.69) is 25.9 Å². The molecule has 0 bridgehead atoms. The lowest BCUT2D eigenvalue weighted by Crippen LogP contribution is -2.58. The number of aromatic hydroxyl groups is 1. The van der Waals surface area contributed by atoms with Crippen molar-refractivity contribution in [2.75, 3.05) is 6.61 Å². The van der Waals surface area contributed by atoms with Gasteiger partial charge < -0.3 is 42.0 Å². The average molecular weight is 553 g/mol. The number of hydrogen-bond acceptors (Lipinski definition) is 8. The van der Waals surface area contributed by atoms with E-state index in [1.165, 1.54) is 36.8 Å². The molecule has 1 heterocycles. The summed E-state index contributed by atoms with van der Waals surface area (Å²) in [6, 6.07) is 9.73. The second-order valence-electron chi connectivity index (χ2n) is 9.15. The fraction of sp³-hybridized carbons (Fsp3) is 0.296. The fourth-order valence-electron chi connectivity index (χ4n) is 3.86. The molecule has 4 atom stereocenters. The fourth-order valence-corrected chi connectivity index (χ4v) is 3.86. The first-order valence-electron chi connectivity index (χ1n) is 12.5. The van der Waals surface area contributed by atoms with E-state index < -0.39 is 54.5 Å². The zero-order chi connectivity index (χ0) is 29.1. The van der Waals surface area contributed by atoms with Crippen molar-refractivity contribution in [2.24, 2.45) is 5.73 Å². The lowest BCUT2D eigenvalue weighted by Gasteiger charge is -2.25. The SMILES string of the molecule is NC(CO)C(=O)NC(Cc1ccccc1)C(=O)NC(Cc1cnc[nH]1)C(=O)NC(Cc1ccc(O)cc1)C(=O)O. The number of carbonyl (C=O) groups is 4. The number of nitrogens with one attached hydrogen (secondary N) is 4. The lowest BCUT2D eigenvalue weighted by molar-refractivity contribution is -0.142. The van der Waals surface area contributed by atoms with Crippen molar-refractivity contribution in [1.29, 1.82) is 0 Å². The van der Waals surface area contributed by atoms with Crippen LogP contribution in [0.1, 0.15) is 16.8 Å². The Kier molecular flexibility index (Phi) is 10.7. The van der Waals surface area contributed by atoms with Crippen LogP contribution in [0.4, 0.5) is 0 Å². The average Bonchev–Trinajstić information content (AvgIpc) is 3.46. The van der Waals surface area contributed by atoms with Crippen LogP contribution in [0.5, 0.6) is 5.75 Å². The van der Waals surface area contributed by atoms with E-state index in [1.54, 1.807) is 30.3 Å². The number of aliphatic hydroxyl groups is 1. The van der Waals surface area contributed by atoms with Crippen LogP contribution < -0.4 is 21.7 Å². The predicted molar refractivity (Wildman–Crippen MR) is 143 cm³/mol. The molecule has 0 spiro atoms. The number of imidazole rings is 1.